The molecule has 2 rings (SSSR count). The van der Waals surface area contributed by atoms with E-state index in [-0.39, 0.29) is 6.54 Å². The van der Waals surface area contributed by atoms with E-state index in [2.05, 4.69) is 32.0 Å². The van der Waals surface area contributed by atoms with Gasteiger partial charge in [-0.1, -0.05) is 18.2 Å². The number of carbonyl (C=O) groups is 1. The van der Waals surface area contributed by atoms with E-state index in [0.29, 0.717) is 0 Å². The summed E-state index contributed by atoms with van der Waals surface area (Å²) in [6, 6.07) is 6.51. The summed E-state index contributed by atoms with van der Waals surface area (Å²) in [4.78, 5) is 11.2. The summed E-state index contributed by atoms with van der Waals surface area (Å²) in [5.41, 5.74) is 3.86. The van der Waals surface area contributed by atoms with Crippen molar-refractivity contribution in [1.82, 2.24) is 0 Å². The third-order valence-corrected chi connectivity index (χ3v) is 4.32. The van der Waals surface area contributed by atoms with E-state index in [1.807, 2.05) is 0 Å². The number of nitrogens with zero attached hydrogens (tertiary/aromatic N) is 1. The van der Waals surface area contributed by atoms with Crippen molar-refractivity contribution in [1.29, 1.82) is 0 Å². The second kappa shape index (κ2) is 5.74. The van der Waals surface area contributed by atoms with Gasteiger partial charge in [0.05, 0.1) is 13.1 Å². The van der Waals surface area contributed by atoms with E-state index in [9.17, 15) is 9.90 Å². The van der Waals surface area contributed by atoms with Gasteiger partial charge in [0.2, 0.25) is 0 Å². The highest BCUT2D eigenvalue weighted by Crippen LogP contribution is 2.23. The minimum Gasteiger partial charge on any atom is -0.477 e. The van der Waals surface area contributed by atoms with E-state index >= 15 is 0 Å². The van der Waals surface area contributed by atoms with Gasteiger partial charge in [-0.2, -0.15) is 0 Å². The van der Waals surface area contributed by atoms with Crippen LogP contribution in [0.4, 0.5) is 0 Å². The number of quaternary nitrogens is 1. The number of hydrogen-bond acceptors (Lipinski definition) is 1. The second-order valence-corrected chi connectivity index (χ2v) is 5.98. The molecule has 1 aliphatic heterocycles. The molecule has 3 nitrogen and oxygen atoms in total. The van der Waals surface area contributed by atoms with Gasteiger partial charge >= 0.3 is 5.97 Å². The summed E-state index contributed by atoms with van der Waals surface area (Å²) >= 11 is 0. The predicted octanol–water partition coefficient (Wildman–Crippen LogP) is 2.89. The average molecular weight is 262 g/mol. The zero-order valence-corrected chi connectivity index (χ0v) is 12.0. The van der Waals surface area contributed by atoms with E-state index in [1.165, 1.54) is 23.1 Å². The van der Waals surface area contributed by atoms with E-state index in [0.717, 1.165) is 37.0 Å². The third-order valence-electron chi connectivity index (χ3n) is 4.32. The topological polar surface area (TPSA) is 37.3 Å². The van der Waals surface area contributed by atoms with Crippen molar-refractivity contribution < 1.29 is 14.4 Å². The fourth-order valence-electron chi connectivity index (χ4n) is 3.13. The Labute approximate surface area is 115 Å². The molecular formula is C16H24NO2+. The molecule has 1 fully saturated rings. The Bertz CT molecular complexity index is 462. The first-order chi connectivity index (χ1) is 9.01. The lowest BCUT2D eigenvalue weighted by atomic mass is 10.0. The molecule has 1 aromatic rings. The highest BCUT2D eigenvalue weighted by molar-refractivity contribution is 5.68. The van der Waals surface area contributed by atoms with Gasteiger partial charge in [-0.05, 0) is 44.2 Å². The van der Waals surface area contributed by atoms with E-state index in [1.54, 1.807) is 0 Å². The molecule has 1 saturated heterocycles. The van der Waals surface area contributed by atoms with Gasteiger partial charge in [-0.25, -0.2) is 4.79 Å². The number of rotatable bonds is 4. The van der Waals surface area contributed by atoms with Crippen LogP contribution < -0.4 is 0 Å². The van der Waals surface area contributed by atoms with Crippen molar-refractivity contribution >= 4 is 5.97 Å². The molecule has 0 aromatic heterocycles. The van der Waals surface area contributed by atoms with Crippen molar-refractivity contribution in [3.8, 4) is 0 Å². The van der Waals surface area contributed by atoms with Gasteiger partial charge in [0.25, 0.3) is 0 Å². The highest BCUT2D eigenvalue weighted by Gasteiger charge is 2.32. The van der Waals surface area contributed by atoms with Crippen molar-refractivity contribution in [3.63, 3.8) is 0 Å². The van der Waals surface area contributed by atoms with Gasteiger partial charge in [-0.3, -0.25) is 0 Å². The fourth-order valence-corrected chi connectivity index (χ4v) is 3.13. The number of hydrogen-bond donors (Lipinski definition) is 1. The van der Waals surface area contributed by atoms with Crippen LogP contribution in [0.1, 0.15) is 36.0 Å². The summed E-state index contributed by atoms with van der Waals surface area (Å²) in [5, 5.41) is 9.19. The molecule has 0 unspecified atom stereocenters. The molecule has 0 amide bonds. The lowest BCUT2D eigenvalue weighted by molar-refractivity contribution is -0.938. The maximum atomic E-state index is 11.2. The molecule has 1 aliphatic rings. The van der Waals surface area contributed by atoms with Crippen LogP contribution in [0, 0.1) is 13.8 Å². The van der Waals surface area contributed by atoms with Crippen LogP contribution in [-0.2, 0) is 11.3 Å². The minimum absolute atomic E-state index is 0.257. The summed E-state index contributed by atoms with van der Waals surface area (Å²) in [5.74, 6) is -0.675. The molecule has 1 aromatic carbocycles. The Kier molecular flexibility index (Phi) is 4.25. The molecule has 104 valence electrons. The quantitative estimate of drug-likeness (QED) is 0.847. The third kappa shape index (κ3) is 3.57. The lowest BCUT2D eigenvalue weighted by Crippen LogP contribution is -2.53. The van der Waals surface area contributed by atoms with Crippen molar-refractivity contribution in [2.24, 2.45) is 0 Å². The number of aliphatic carboxylic acids is 1. The molecule has 0 saturated carbocycles. The van der Waals surface area contributed by atoms with Gasteiger partial charge in [0, 0.05) is 5.56 Å². The van der Waals surface area contributed by atoms with Crippen molar-refractivity contribution in [2.75, 3.05) is 19.6 Å². The van der Waals surface area contributed by atoms with Gasteiger partial charge in [-0.15, -0.1) is 0 Å². The molecule has 0 bridgehead atoms. The zero-order chi connectivity index (χ0) is 13.9. The number of likely N-dealkylation sites (tertiary alicyclic amines) is 1. The van der Waals surface area contributed by atoms with Crippen LogP contribution in [-0.4, -0.2) is 35.2 Å². The van der Waals surface area contributed by atoms with Crippen LogP contribution in [0.5, 0.6) is 0 Å². The van der Waals surface area contributed by atoms with Crippen LogP contribution in [0.15, 0.2) is 18.2 Å². The molecule has 19 heavy (non-hydrogen) atoms. The van der Waals surface area contributed by atoms with Crippen molar-refractivity contribution in [3.05, 3.63) is 34.9 Å². The highest BCUT2D eigenvalue weighted by atomic mass is 16.4. The number of carboxylic acids is 1. The molecule has 0 atom stereocenters. The maximum absolute atomic E-state index is 11.2. The molecule has 3 heteroatoms. The Morgan fingerprint density at radius 3 is 2.42 bits per heavy atom. The first-order valence-corrected chi connectivity index (χ1v) is 7.14. The van der Waals surface area contributed by atoms with Gasteiger partial charge in [0.15, 0.2) is 6.54 Å². The monoisotopic (exact) mass is 262 g/mol. The molecule has 1 N–H and O–H groups in total. The van der Waals surface area contributed by atoms with Gasteiger partial charge < -0.3 is 9.59 Å². The smallest absolute Gasteiger partial charge is 0.359 e. The number of piperidine rings is 1. The van der Waals surface area contributed by atoms with Crippen molar-refractivity contribution in [2.45, 2.75) is 39.7 Å². The van der Waals surface area contributed by atoms with Gasteiger partial charge in [0.1, 0.15) is 6.54 Å². The molecule has 0 aliphatic carbocycles. The maximum Gasteiger partial charge on any atom is 0.359 e. The summed E-state index contributed by atoms with van der Waals surface area (Å²) in [7, 11) is 0. The average Bonchev–Trinajstić information content (AvgIpc) is 2.34. The lowest BCUT2D eigenvalue weighted by Gasteiger charge is -2.40. The first-order valence-electron chi connectivity index (χ1n) is 7.14. The van der Waals surface area contributed by atoms with E-state index < -0.39 is 5.97 Å². The number of carboxylic acid groups (broad SMARTS) is 1. The standard InChI is InChI=1S/C16H23NO2/c1-13-6-7-15(10-14(13)2)11-17(12-16(18)19)8-4-3-5-9-17/h6-7,10H,3-5,8-9,11-12H2,1-2H3/p+1. The summed E-state index contributed by atoms with van der Waals surface area (Å²) in [6.07, 6.45) is 3.54. The second-order valence-electron chi connectivity index (χ2n) is 5.98. The Hall–Kier alpha value is -1.35. The zero-order valence-electron chi connectivity index (χ0n) is 12.0. The Balaban J connectivity index is 2.19. The van der Waals surface area contributed by atoms with Crippen LogP contribution in [0.3, 0.4) is 0 Å². The predicted molar refractivity (Wildman–Crippen MR) is 76.0 cm³/mol. The van der Waals surface area contributed by atoms with Crippen LogP contribution in [0.25, 0.3) is 0 Å². The van der Waals surface area contributed by atoms with E-state index in [4.69, 9.17) is 0 Å². The van der Waals surface area contributed by atoms with Crippen LogP contribution >= 0.6 is 0 Å². The normalized spacial score (nSPS) is 18.2. The Morgan fingerprint density at radius 1 is 1.16 bits per heavy atom. The molecule has 0 spiro atoms. The molecule has 0 radical (unpaired) electrons. The SMILES string of the molecule is Cc1ccc(C[N+]2(CC(=O)O)CCCCC2)cc1C. The number of benzene rings is 1. The Morgan fingerprint density at radius 2 is 1.84 bits per heavy atom. The molecular weight excluding hydrogens is 238 g/mol. The minimum atomic E-state index is -0.675. The summed E-state index contributed by atoms with van der Waals surface area (Å²) in [6.45, 7) is 7.34. The molecule has 1 heterocycles. The first kappa shape index (κ1) is 14.1. The van der Waals surface area contributed by atoms with Crippen LogP contribution in [0.2, 0.25) is 0 Å². The number of aryl methyl sites for hydroxylation is 2. The summed E-state index contributed by atoms with van der Waals surface area (Å²) < 4.78 is 0.720. The largest absolute Gasteiger partial charge is 0.477 e. The fraction of sp³-hybridized carbons (Fsp3) is 0.562.